The van der Waals surface area contributed by atoms with Gasteiger partial charge in [0.25, 0.3) is 0 Å². The smallest absolute Gasteiger partial charge is 0.339 e. The van der Waals surface area contributed by atoms with Gasteiger partial charge in [-0.15, -0.1) is 0 Å². The highest BCUT2D eigenvalue weighted by Gasteiger charge is 2.27. The Hall–Kier alpha value is -2.41. The zero-order valence-electron chi connectivity index (χ0n) is 12.2. The van der Waals surface area contributed by atoms with Crippen molar-refractivity contribution in [3.63, 3.8) is 0 Å². The Morgan fingerprint density at radius 3 is 2.18 bits per heavy atom. The van der Waals surface area contributed by atoms with Gasteiger partial charge in [-0.25, -0.2) is 36.0 Å². The number of anilines is 2. The number of nitrogens with zero attached hydrogens (tertiary/aromatic N) is 4. The normalized spacial score (nSPS) is 10.5. The summed E-state index contributed by atoms with van der Waals surface area (Å²) < 4.78 is 1.37. The standard InChI is InChI=1S/C10H20N8O4/c1-6(2)18-8(17(12)10(22)14-5-20)7(3-15-18)16(11)9(21)13-4-19/h3,6,19-20H,4-5,11-12H2,1-2H3,(H,13,21)(H,14,22). The third-order valence-electron chi connectivity index (χ3n) is 2.63. The van der Waals surface area contributed by atoms with Gasteiger partial charge < -0.3 is 20.8 Å². The summed E-state index contributed by atoms with van der Waals surface area (Å²) in [6.07, 6.45) is 1.25. The fourth-order valence-electron chi connectivity index (χ4n) is 1.64. The fraction of sp³-hybridized carbons (Fsp3) is 0.500. The molecule has 0 saturated carbocycles. The number of carbonyl (C=O) groups excluding carboxylic acids is 2. The lowest BCUT2D eigenvalue weighted by Crippen LogP contribution is -2.49. The van der Waals surface area contributed by atoms with Gasteiger partial charge in [0, 0.05) is 6.04 Å². The molecule has 124 valence electrons. The molecule has 4 amide bonds. The van der Waals surface area contributed by atoms with E-state index in [2.05, 4.69) is 15.7 Å². The average Bonchev–Trinajstić information content (AvgIpc) is 2.90. The van der Waals surface area contributed by atoms with E-state index >= 15 is 0 Å². The second-order valence-corrected chi connectivity index (χ2v) is 4.41. The van der Waals surface area contributed by atoms with Crippen molar-refractivity contribution >= 4 is 23.6 Å². The van der Waals surface area contributed by atoms with Crippen molar-refractivity contribution in [2.45, 2.75) is 19.9 Å². The Balaban J connectivity index is 3.24. The summed E-state index contributed by atoms with van der Waals surface area (Å²) in [4.78, 5) is 23.5. The Morgan fingerprint density at radius 1 is 1.23 bits per heavy atom. The minimum Gasteiger partial charge on any atom is -0.376 e. The fourth-order valence-corrected chi connectivity index (χ4v) is 1.64. The van der Waals surface area contributed by atoms with E-state index in [1.807, 2.05) is 0 Å². The number of hydrogen-bond donors (Lipinski definition) is 6. The number of aliphatic hydroxyl groups excluding tert-OH is 2. The van der Waals surface area contributed by atoms with Crippen molar-refractivity contribution in [1.29, 1.82) is 0 Å². The molecule has 0 unspecified atom stereocenters. The maximum Gasteiger partial charge on any atom is 0.339 e. The molecular formula is C10H20N8O4. The van der Waals surface area contributed by atoms with Gasteiger partial charge in [-0.1, -0.05) is 0 Å². The van der Waals surface area contributed by atoms with Crippen LogP contribution in [0.3, 0.4) is 0 Å². The van der Waals surface area contributed by atoms with E-state index in [-0.39, 0.29) is 17.5 Å². The number of aromatic nitrogens is 2. The van der Waals surface area contributed by atoms with Crippen molar-refractivity contribution in [3.8, 4) is 0 Å². The van der Waals surface area contributed by atoms with E-state index in [0.717, 1.165) is 0 Å². The van der Waals surface area contributed by atoms with Crippen molar-refractivity contribution in [2.75, 3.05) is 23.5 Å². The lowest BCUT2D eigenvalue weighted by atomic mass is 10.4. The molecule has 0 aliphatic rings. The lowest BCUT2D eigenvalue weighted by molar-refractivity contribution is 0.220. The first-order valence-electron chi connectivity index (χ1n) is 6.29. The number of nitrogens with one attached hydrogen (secondary N) is 2. The summed E-state index contributed by atoms with van der Waals surface area (Å²) in [5, 5.41) is 27.0. The third kappa shape index (κ3) is 3.62. The van der Waals surface area contributed by atoms with Gasteiger partial charge in [0.1, 0.15) is 19.1 Å². The maximum atomic E-state index is 11.8. The molecule has 12 heteroatoms. The second kappa shape index (κ2) is 7.56. The molecule has 0 bridgehead atoms. The van der Waals surface area contributed by atoms with Gasteiger partial charge in [-0.2, -0.15) is 5.10 Å². The Kier molecular flexibility index (Phi) is 6.06. The zero-order valence-corrected chi connectivity index (χ0v) is 12.2. The molecule has 0 fully saturated rings. The summed E-state index contributed by atoms with van der Waals surface area (Å²) in [5.41, 5.74) is 0.0373. The van der Waals surface area contributed by atoms with E-state index in [4.69, 9.17) is 21.9 Å². The Morgan fingerprint density at radius 2 is 1.73 bits per heavy atom. The van der Waals surface area contributed by atoms with Crippen LogP contribution in [0, 0.1) is 0 Å². The molecule has 1 aromatic rings. The summed E-state index contributed by atoms with van der Waals surface area (Å²) >= 11 is 0. The van der Waals surface area contributed by atoms with Crippen LogP contribution < -0.4 is 32.3 Å². The van der Waals surface area contributed by atoms with Crippen LogP contribution >= 0.6 is 0 Å². The molecule has 1 aromatic heterocycles. The van der Waals surface area contributed by atoms with Gasteiger partial charge in [-0.3, -0.25) is 0 Å². The highest BCUT2D eigenvalue weighted by molar-refractivity contribution is 5.98. The number of urea groups is 2. The molecule has 0 radical (unpaired) electrons. The van der Waals surface area contributed by atoms with Crippen LogP contribution in [0.1, 0.15) is 19.9 Å². The number of rotatable bonds is 5. The number of hydrogen-bond acceptors (Lipinski definition) is 7. The summed E-state index contributed by atoms with van der Waals surface area (Å²) in [6, 6.07) is -1.82. The number of carbonyl (C=O) groups is 2. The number of amides is 4. The van der Waals surface area contributed by atoms with Gasteiger partial charge >= 0.3 is 12.1 Å². The van der Waals surface area contributed by atoms with Gasteiger partial charge in [0.2, 0.25) is 0 Å². The van der Waals surface area contributed by atoms with Gasteiger partial charge in [-0.05, 0) is 13.8 Å². The molecule has 0 aliphatic heterocycles. The Labute approximate surface area is 126 Å². The minimum atomic E-state index is -0.817. The first-order chi connectivity index (χ1) is 10.3. The lowest BCUT2D eigenvalue weighted by Gasteiger charge is -2.24. The highest BCUT2D eigenvalue weighted by atomic mass is 16.3. The summed E-state index contributed by atoms with van der Waals surface area (Å²) in [5.74, 6) is 11.4. The van der Waals surface area contributed by atoms with E-state index in [9.17, 15) is 9.59 Å². The quantitative estimate of drug-likeness (QED) is 0.160. The average molecular weight is 316 g/mol. The molecular weight excluding hydrogens is 296 g/mol. The van der Waals surface area contributed by atoms with Crippen LogP contribution in [0.5, 0.6) is 0 Å². The molecule has 12 nitrogen and oxygen atoms in total. The SMILES string of the molecule is CC(C)n1ncc(N(N)C(=O)NCO)c1N(N)C(=O)NCO. The maximum absolute atomic E-state index is 11.8. The molecule has 0 atom stereocenters. The topological polar surface area (TPSA) is 175 Å². The van der Waals surface area contributed by atoms with Crippen molar-refractivity contribution in [1.82, 2.24) is 20.4 Å². The first kappa shape index (κ1) is 17.6. The van der Waals surface area contributed by atoms with Crippen molar-refractivity contribution in [3.05, 3.63) is 6.20 Å². The van der Waals surface area contributed by atoms with Crippen LogP contribution in [-0.4, -0.2) is 45.5 Å². The Bertz CT molecular complexity index is 531. The minimum absolute atomic E-state index is 0.0373. The van der Waals surface area contributed by atoms with E-state index in [1.165, 1.54) is 10.9 Å². The van der Waals surface area contributed by atoms with E-state index < -0.39 is 25.5 Å². The molecule has 0 spiro atoms. The summed E-state index contributed by atoms with van der Waals surface area (Å²) in [6.45, 7) is 2.34. The van der Waals surface area contributed by atoms with Gasteiger partial charge in [0.05, 0.1) is 6.20 Å². The third-order valence-corrected chi connectivity index (χ3v) is 2.63. The van der Waals surface area contributed by atoms with Crippen molar-refractivity contribution in [2.24, 2.45) is 11.7 Å². The molecule has 1 heterocycles. The molecule has 8 N–H and O–H groups in total. The zero-order chi connectivity index (χ0) is 16.9. The molecule has 0 aromatic carbocycles. The number of hydrazine groups is 2. The van der Waals surface area contributed by atoms with Crippen molar-refractivity contribution < 1.29 is 19.8 Å². The van der Waals surface area contributed by atoms with Crippen LogP contribution in [0.25, 0.3) is 0 Å². The number of aliphatic hydroxyl groups is 2. The predicted molar refractivity (Wildman–Crippen MR) is 77.2 cm³/mol. The molecule has 0 aliphatic carbocycles. The number of nitrogens with two attached hydrogens (primary N) is 2. The monoisotopic (exact) mass is 316 g/mol. The van der Waals surface area contributed by atoms with Crippen LogP contribution in [0.15, 0.2) is 6.20 Å². The van der Waals surface area contributed by atoms with Crippen LogP contribution in [0.2, 0.25) is 0 Å². The van der Waals surface area contributed by atoms with Gasteiger partial charge in [0.15, 0.2) is 5.82 Å². The van der Waals surface area contributed by atoms with E-state index in [1.54, 1.807) is 13.8 Å². The largest absolute Gasteiger partial charge is 0.376 e. The molecule has 22 heavy (non-hydrogen) atoms. The van der Waals surface area contributed by atoms with Crippen LogP contribution in [-0.2, 0) is 0 Å². The van der Waals surface area contributed by atoms with Crippen LogP contribution in [0.4, 0.5) is 21.1 Å². The van der Waals surface area contributed by atoms with E-state index in [0.29, 0.717) is 10.0 Å². The molecule has 0 saturated heterocycles. The first-order valence-corrected chi connectivity index (χ1v) is 6.29. The summed E-state index contributed by atoms with van der Waals surface area (Å²) in [7, 11) is 0. The highest BCUT2D eigenvalue weighted by Crippen LogP contribution is 2.29. The molecule has 1 rings (SSSR count). The predicted octanol–water partition coefficient (Wildman–Crippen LogP) is -1.86. The second-order valence-electron chi connectivity index (χ2n) is 4.41.